The van der Waals surface area contributed by atoms with Gasteiger partial charge in [-0.05, 0) is 44.2 Å². The highest BCUT2D eigenvalue weighted by molar-refractivity contribution is 5.76. The second-order valence-corrected chi connectivity index (χ2v) is 5.83. The molecular weight excluding hydrogens is 238 g/mol. The number of fused-ring (bicyclic) bond motifs is 3. The molecule has 2 aliphatic rings. The lowest BCUT2D eigenvalue weighted by atomic mass is 9.84. The van der Waals surface area contributed by atoms with Crippen LogP contribution >= 0.6 is 0 Å². The summed E-state index contributed by atoms with van der Waals surface area (Å²) in [6.07, 6.45) is 7.40. The molecule has 1 aromatic carbocycles. The van der Waals surface area contributed by atoms with E-state index in [-0.39, 0.29) is 11.0 Å². The molecule has 2 atom stereocenters. The van der Waals surface area contributed by atoms with Gasteiger partial charge in [-0.25, -0.2) is 0 Å². The average Bonchev–Trinajstić information content (AvgIpc) is 2.75. The van der Waals surface area contributed by atoms with Gasteiger partial charge in [0.25, 0.3) is 0 Å². The molecule has 2 bridgehead atoms. The van der Waals surface area contributed by atoms with E-state index in [1.54, 1.807) is 6.26 Å². The number of hydrogen-bond acceptors (Lipinski definition) is 3. The largest absolute Gasteiger partial charge is 0.464 e. The van der Waals surface area contributed by atoms with Crippen LogP contribution in [-0.2, 0) is 5.54 Å². The fourth-order valence-corrected chi connectivity index (χ4v) is 3.77. The van der Waals surface area contributed by atoms with E-state index < -0.39 is 0 Å². The van der Waals surface area contributed by atoms with Gasteiger partial charge in [0.2, 0.25) is 0 Å². The Morgan fingerprint density at radius 3 is 3.05 bits per heavy atom. The standard InChI is InChI=1S/C16H17NO2/c18-15-12-5-1-2-6-14(12)19-10-13(15)16-8-3-4-11(17-16)7-9-16/h1-2,5-6,10-11,17H,3-4,7-9H2. The van der Waals surface area contributed by atoms with Gasteiger partial charge in [0.05, 0.1) is 16.5 Å². The van der Waals surface area contributed by atoms with E-state index in [0.717, 1.165) is 18.4 Å². The van der Waals surface area contributed by atoms with E-state index in [9.17, 15) is 4.79 Å². The third kappa shape index (κ3) is 1.58. The summed E-state index contributed by atoms with van der Waals surface area (Å²) in [6, 6.07) is 8.08. The van der Waals surface area contributed by atoms with Crippen molar-refractivity contribution in [3.8, 4) is 0 Å². The minimum atomic E-state index is -0.131. The Morgan fingerprint density at radius 1 is 1.21 bits per heavy atom. The minimum Gasteiger partial charge on any atom is -0.464 e. The molecule has 0 amide bonds. The summed E-state index contributed by atoms with van der Waals surface area (Å²) in [5.41, 5.74) is 1.51. The molecule has 3 heteroatoms. The number of benzene rings is 1. The third-order valence-electron chi connectivity index (χ3n) is 4.75. The molecule has 2 saturated heterocycles. The Morgan fingerprint density at radius 2 is 2.11 bits per heavy atom. The smallest absolute Gasteiger partial charge is 0.197 e. The molecule has 4 rings (SSSR count). The zero-order valence-electron chi connectivity index (χ0n) is 10.8. The van der Waals surface area contributed by atoms with E-state index >= 15 is 0 Å². The second-order valence-electron chi connectivity index (χ2n) is 5.83. The van der Waals surface area contributed by atoms with Gasteiger partial charge in [0, 0.05) is 6.04 Å². The molecule has 3 heterocycles. The van der Waals surface area contributed by atoms with Crippen molar-refractivity contribution < 1.29 is 4.42 Å². The normalized spacial score (nSPS) is 29.8. The van der Waals surface area contributed by atoms with Crippen LogP contribution in [0.3, 0.4) is 0 Å². The van der Waals surface area contributed by atoms with Crippen molar-refractivity contribution in [2.45, 2.75) is 43.7 Å². The summed E-state index contributed by atoms with van der Waals surface area (Å²) in [5.74, 6) is 0. The maximum Gasteiger partial charge on any atom is 0.197 e. The quantitative estimate of drug-likeness (QED) is 0.852. The van der Waals surface area contributed by atoms with Gasteiger partial charge in [-0.15, -0.1) is 0 Å². The number of hydrogen-bond donors (Lipinski definition) is 1. The number of para-hydroxylation sites is 1. The lowest BCUT2D eigenvalue weighted by Crippen LogP contribution is -2.46. The Labute approximate surface area is 111 Å². The Bertz CT molecular complexity index is 686. The summed E-state index contributed by atoms with van der Waals surface area (Å²) in [7, 11) is 0. The van der Waals surface area contributed by atoms with E-state index in [0.29, 0.717) is 17.0 Å². The molecule has 0 spiro atoms. The van der Waals surface area contributed by atoms with Gasteiger partial charge < -0.3 is 9.73 Å². The zero-order valence-corrected chi connectivity index (χ0v) is 10.8. The number of nitrogens with one attached hydrogen (secondary N) is 1. The van der Waals surface area contributed by atoms with Crippen molar-refractivity contribution in [1.82, 2.24) is 5.32 Å². The predicted octanol–water partition coefficient (Wildman–Crippen LogP) is 2.92. The first kappa shape index (κ1) is 11.2. The fraction of sp³-hybridized carbons (Fsp3) is 0.438. The van der Waals surface area contributed by atoms with Crippen LogP contribution < -0.4 is 10.7 Å². The van der Waals surface area contributed by atoms with Gasteiger partial charge in [0.1, 0.15) is 11.8 Å². The number of piperidine rings is 1. The van der Waals surface area contributed by atoms with Crippen molar-refractivity contribution in [2.75, 3.05) is 0 Å². The van der Waals surface area contributed by atoms with Crippen LogP contribution in [-0.4, -0.2) is 6.04 Å². The van der Waals surface area contributed by atoms with Gasteiger partial charge in [-0.2, -0.15) is 0 Å². The van der Waals surface area contributed by atoms with E-state index in [1.165, 1.54) is 19.3 Å². The molecule has 2 unspecified atom stereocenters. The van der Waals surface area contributed by atoms with Crippen molar-refractivity contribution in [2.24, 2.45) is 0 Å². The summed E-state index contributed by atoms with van der Waals surface area (Å²) in [4.78, 5) is 12.7. The van der Waals surface area contributed by atoms with Crippen molar-refractivity contribution in [1.29, 1.82) is 0 Å². The van der Waals surface area contributed by atoms with Crippen LogP contribution in [0.15, 0.2) is 39.7 Å². The summed E-state index contributed by atoms with van der Waals surface area (Å²) in [5, 5.41) is 4.36. The first-order chi connectivity index (χ1) is 9.28. The molecular formula is C16H17NO2. The lowest BCUT2D eigenvalue weighted by Gasteiger charge is -2.34. The summed E-state index contributed by atoms with van der Waals surface area (Å²) >= 11 is 0. The molecule has 0 aliphatic carbocycles. The van der Waals surface area contributed by atoms with E-state index in [2.05, 4.69) is 5.32 Å². The van der Waals surface area contributed by atoms with Gasteiger partial charge in [-0.1, -0.05) is 12.1 Å². The maximum atomic E-state index is 12.7. The highest BCUT2D eigenvalue weighted by Crippen LogP contribution is 2.42. The predicted molar refractivity (Wildman–Crippen MR) is 74.2 cm³/mol. The first-order valence-electron chi connectivity index (χ1n) is 7.07. The van der Waals surface area contributed by atoms with Crippen LogP contribution in [0.1, 0.15) is 37.7 Å². The van der Waals surface area contributed by atoms with Gasteiger partial charge >= 0.3 is 0 Å². The lowest BCUT2D eigenvalue weighted by molar-refractivity contribution is 0.275. The number of rotatable bonds is 1. The molecule has 0 saturated carbocycles. The molecule has 1 aromatic heterocycles. The Kier molecular flexibility index (Phi) is 2.33. The second kappa shape index (κ2) is 3.94. The molecule has 3 nitrogen and oxygen atoms in total. The molecule has 2 aromatic rings. The maximum absolute atomic E-state index is 12.7. The monoisotopic (exact) mass is 255 g/mol. The van der Waals surface area contributed by atoms with Crippen LogP contribution in [0.2, 0.25) is 0 Å². The Balaban J connectivity index is 1.92. The van der Waals surface area contributed by atoms with Crippen LogP contribution in [0.4, 0.5) is 0 Å². The van der Waals surface area contributed by atoms with Gasteiger partial charge in [0.15, 0.2) is 5.43 Å². The topological polar surface area (TPSA) is 42.2 Å². The molecule has 2 fully saturated rings. The van der Waals surface area contributed by atoms with Crippen LogP contribution in [0, 0.1) is 0 Å². The van der Waals surface area contributed by atoms with Crippen LogP contribution in [0.5, 0.6) is 0 Å². The highest BCUT2D eigenvalue weighted by atomic mass is 16.3. The highest BCUT2D eigenvalue weighted by Gasteiger charge is 2.44. The van der Waals surface area contributed by atoms with E-state index in [4.69, 9.17) is 4.42 Å². The minimum absolute atomic E-state index is 0.131. The summed E-state index contributed by atoms with van der Waals surface area (Å²) in [6.45, 7) is 0. The summed E-state index contributed by atoms with van der Waals surface area (Å²) < 4.78 is 5.68. The fourth-order valence-electron chi connectivity index (χ4n) is 3.77. The third-order valence-corrected chi connectivity index (χ3v) is 4.75. The van der Waals surface area contributed by atoms with Crippen molar-refractivity contribution >= 4 is 11.0 Å². The molecule has 19 heavy (non-hydrogen) atoms. The Hall–Kier alpha value is -1.61. The van der Waals surface area contributed by atoms with Crippen molar-refractivity contribution in [3.63, 3.8) is 0 Å². The molecule has 1 N–H and O–H groups in total. The SMILES string of the molecule is O=c1c(C23CCCC(CC2)N3)coc2ccccc12. The molecule has 98 valence electrons. The van der Waals surface area contributed by atoms with Gasteiger partial charge in [-0.3, -0.25) is 4.79 Å². The molecule has 2 aliphatic heterocycles. The van der Waals surface area contributed by atoms with E-state index in [1.807, 2.05) is 24.3 Å². The zero-order chi connectivity index (χ0) is 12.9. The average molecular weight is 255 g/mol. The van der Waals surface area contributed by atoms with Crippen LogP contribution in [0.25, 0.3) is 11.0 Å². The molecule has 0 radical (unpaired) electrons. The van der Waals surface area contributed by atoms with Crippen molar-refractivity contribution in [3.05, 3.63) is 46.3 Å². The first-order valence-corrected chi connectivity index (χ1v) is 7.07.